The molecule has 0 saturated heterocycles. The van der Waals surface area contributed by atoms with Crippen molar-refractivity contribution < 1.29 is 4.79 Å². The minimum absolute atomic E-state index is 0.385. The summed E-state index contributed by atoms with van der Waals surface area (Å²) in [7, 11) is 0. The third-order valence-electron chi connectivity index (χ3n) is 2.03. The third kappa shape index (κ3) is 4.42. The molecule has 1 radical (unpaired) electrons. The van der Waals surface area contributed by atoms with Crippen LogP contribution in [0.3, 0.4) is 0 Å². The lowest BCUT2D eigenvalue weighted by Gasteiger charge is -2.00. The van der Waals surface area contributed by atoms with Crippen LogP contribution in [0.1, 0.15) is 24.8 Å². The Morgan fingerprint density at radius 2 is 1.86 bits per heavy atom. The minimum atomic E-state index is -0.458. The number of unbranched alkanes of at least 4 members (excludes halogenated alkanes) is 1. The molecule has 0 aliphatic rings. The number of nitrogens with one attached hydrogen (secondary N) is 1. The molecule has 0 bridgehead atoms. The van der Waals surface area contributed by atoms with Crippen LogP contribution in [-0.4, -0.2) is 5.91 Å². The van der Waals surface area contributed by atoms with Crippen LogP contribution in [0.15, 0.2) is 28.7 Å². The molecule has 0 aliphatic heterocycles. The largest absolute Gasteiger partial charge is 0.273 e. The predicted molar refractivity (Wildman–Crippen MR) is 59.8 cm³/mol. The quantitative estimate of drug-likeness (QED) is 0.745. The number of hydrogen-bond acceptors (Lipinski definition) is 1. The molecule has 75 valence electrons. The minimum Gasteiger partial charge on any atom is -0.273 e. The molecule has 1 aromatic rings. The fraction of sp³-hybridized carbons (Fsp3) is 0.364. The maximum Gasteiger partial charge on any atom is 0.238 e. The van der Waals surface area contributed by atoms with Gasteiger partial charge in [-0.3, -0.25) is 10.5 Å². The molecular formula is C11H13BrNO. The van der Waals surface area contributed by atoms with E-state index in [0.717, 1.165) is 23.7 Å². The number of carbonyl (C=O) groups is 1. The van der Waals surface area contributed by atoms with Gasteiger partial charge in [-0.2, -0.15) is 0 Å². The maximum atomic E-state index is 10.4. The van der Waals surface area contributed by atoms with E-state index in [0.29, 0.717) is 6.42 Å². The Kier molecular flexibility index (Phi) is 4.66. The first-order valence-corrected chi connectivity index (χ1v) is 5.46. The van der Waals surface area contributed by atoms with Gasteiger partial charge < -0.3 is 0 Å². The number of rotatable bonds is 5. The monoisotopic (exact) mass is 254 g/mol. The average Bonchev–Trinajstić information content (AvgIpc) is 2.15. The van der Waals surface area contributed by atoms with Gasteiger partial charge in [0.15, 0.2) is 0 Å². The summed E-state index contributed by atoms with van der Waals surface area (Å²) < 4.78 is 1.09. The van der Waals surface area contributed by atoms with Crippen molar-refractivity contribution in [3.63, 3.8) is 0 Å². The molecule has 0 fully saturated rings. The van der Waals surface area contributed by atoms with Gasteiger partial charge in [-0.25, -0.2) is 0 Å². The molecule has 1 N–H and O–H groups in total. The summed E-state index contributed by atoms with van der Waals surface area (Å²) in [6.45, 7) is 0. The van der Waals surface area contributed by atoms with Crippen molar-refractivity contribution in [2.45, 2.75) is 25.7 Å². The zero-order chi connectivity index (χ0) is 10.4. The van der Waals surface area contributed by atoms with Crippen LogP contribution in [-0.2, 0) is 11.2 Å². The van der Waals surface area contributed by atoms with Crippen molar-refractivity contribution in [3.05, 3.63) is 34.3 Å². The molecule has 0 aromatic heterocycles. The van der Waals surface area contributed by atoms with E-state index in [1.165, 1.54) is 5.56 Å². The van der Waals surface area contributed by atoms with E-state index in [1.807, 2.05) is 12.1 Å². The Hall–Kier alpha value is -0.830. The maximum absolute atomic E-state index is 10.4. The van der Waals surface area contributed by atoms with Crippen molar-refractivity contribution in [2.24, 2.45) is 0 Å². The van der Waals surface area contributed by atoms with E-state index in [2.05, 4.69) is 28.1 Å². The van der Waals surface area contributed by atoms with E-state index in [4.69, 9.17) is 5.73 Å². The Morgan fingerprint density at radius 1 is 1.21 bits per heavy atom. The molecule has 0 saturated carbocycles. The number of halogens is 1. The van der Waals surface area contributed by atoms with Gasteiger partial charge in [-0.1, -0.05) is 28.1 Å². The van der Waals surface area contributed by atoms with E-state index in [-0.39, 0.29) is 0 Å². The second-order valence-corrected chi connectivity index (χ2v) is 4.17. The summed E-state index contributed by atoms with van der Waals surface area (Å²) in [5.74, 6) is -0.458. The summed E-state index contributed by atoms with van der Waals surface area (Å²) in [5.41, 5.74) is 8.03. The highest BCUT2D eigenvalue weighted by Gasteiger charge is 1.96. The van der Waals surface area contributed by atoms with Gasteiger partial charge in [-0.05, 0) is 37.0 Å². The van der Waals surface area contributed by atoms with Crippen LogP contribution in [0, 0.1) is 0 Å². The van der Waals surface area contributed by atoms with Crippen LogP contribution in [0.4, 0.5) is 0 Å². The van der Waals surface area contributed by atoms with E-state index in [1.54, 1.807) is 0 Å². The molecular weight excluding hydrogens is 242 g/mol. The number of amides is 1. The first kappa shape index (κ1) is 11.2. The van der Waals surface area contributed by atoms with Gasteiger partial charge in [0.05, 0.1) is 0 Å². The first-order chi connectivity index (χ1) is 6.68. The van der Waals surface area contributed by atoms with E-state index in [9.17, 15) is 4.79 Å². The lowest BCUT2D eigenvalue weighted by Crippen LogP contribution is -1.97. The number of hydrogen-bond donors (Lipinski definition) is 0. The topological polar surface area (TPSA) is 40.9 Å². The highest BCUT2D eigenvalue weighted by Crippen LogP contribution is 2.12. The fourth-order valence-corrected chi connectivity index (χ4v) is 1.53. The standard InChI is InChI=1S/C11H13BrNO/c12-10-7-5-9(6-8-10)3-1-2-4-11(13)14/h5-8,13H,1-4H2. The van der Waals surface area contributed by atoms with Crippen molar-refractivity contribution in [1.29, 1.82) is 0 Å². The molecule has 0 aliphatic carbocycles. The van der Waals surface area contributed by atoms with Crippen molar-refractivity contribution >= 4 is 21.8 Å². The SMILES string of the molecule is [NH]C(=O)CCCCc1ccc(Br)cc1. The summed E-state index contributed by atoms with van der Waals surface area (Å²) >= 11 is 3.38. The Labute approximate surface area is 92.6 Å². The smallest absolute Gasteiger partial charge is 0.238 e. The van der Waals surface area contributed by atoms with Gasteiger partial charge in [0, 0.05) is 10.9 Å². The van der Waals surface area contributed by atoms with Crippen LogP contribution in [0.5, 0.6) is 0 Å². The van der Waals surface area contributed by atoms with Gasteiger partial charge in [0.2, 0.25) is 5.91 Å². The Balaban J connectivity index is 2.25. The van der Waals surface area contributed by atoms with Crippen molar-refractivity contribution in [3.8, 4) is 0 Å². The Morgan fingerprint density at radius 3 is 2.43 bits per heavy atom. The highest BCUT2D eigenvalue weighted by atomic mass is 79.9. The molecule has 1 amide bonds. The van der Waals surface area contributed by atoms with Crippen molar-refractivity contribution in [2.75, 3.05) is 0 Å². The van der Waals surface area contributed by atoms with Gasteiger partial charge >= 0.3 is 0 Å². The second kappa shape index (κ2) is 5.81. The van der Waals surface area contributed by atoms with E-state index >= 15 is 0 Å². The number of aryl methyl sites for hydroxylation is 1. The lowest BCUT2D eigenvalue weighted by molar-refractivity contribution is -0.118. The molecule has 0 atom stereocenters. The summed E-state index contributed by atoms with van der Waals surface area (Å²) in [5, 5.41) is 0. The van der Waals surface area contributed by atoms with Crippen LogP contribution < -0.4 is 5.73 Å². The van der Waals surface area contributed by atoms with Gasteiger partial charge in [0.1, 0.15) is 0 Å². The van der Waals surface area contributed by atoms with Gasteiger partial charge in [0.25, 0.3) is 0 Å². The van der Waals surface area contributed by atoms with Crippen molar-refractivity contribution in [1.82, 2.24) is 5.73 Å². The zero-order valence-corrected chi connectivity index (χ0v) is 9.51. The third-order valence-corrected chi connectivity index (χ3v) is 2.56. The predicted octanol–water partition coefficient (Wildman–Crippen LogP) is 2.97. The molecule has 0 unspecified atom stereocenters. The van der Waals surface area contributed by atoms with Gasteiger partial charge in [-0.15, -0.1) is 0 Å². The molecule has 1 aromatic carbocycles. The lowest BCUT2D eigenvalue weighted by atomic mass is 10.1. The molecule has 3 heteroatoms. The Bertz CT molecular complexity index is 295. The molecule has 0 heterocycles. The molecule has 1 rings (SSSR count). The summed E-state index contributed by atoms with van der Waals surface area (Å²) in [6, 6.07) is 8.19. The van der Waals surface area contributed by atoms with Crippen LogP contribution >= 0.6 is 15.9 Å². The van der Waals surface area contributed by atoms with Crippen LogP contribution in [0.25, 0.3) is 0 Å². The fourth-order valence-electron chi connectivity index (χ4n) is 1.27. The normalized spacial score (nSPS) is 10.1. The van der Waals surface area contributed by atoms with E-state index < -0.39 is 5.91 Å². The molecule has 0 spiro atoms. The van der Waals surface area contributed by atoms with Crippen LogP contribution in [0.2, 0.25) is 0 Å². The summed E-state index contributed by atoms with van der Waals surface area (Å²) in [6.07, 6.45) is 3.17. The first-order valence-electron chi connectivity index (χ1n) is 4.67. The molecule has 2 nitrogen and oxygen atoms in total. The number of benzene rings is 1. The number of carbonyl (C=O) groups excluding carboxylic acids is 1. The average molecular weight is 255 g/mol. The second-order valence-electron chi connectivity index (χ2n) is 3.26. The molecule has 14 heavy (non-hydrogen) atoms. The highest BCUT2D eigenvalue weighted by molar-refractivity contribution is 9.10. The summed E-state index contributed by atoms with van der Waals surface area (Å²) in [4.78, 5) is 10.4. The zero-order valence-electron chi connectivity index (χ0n) is 7.92.